The normalized spacial score (nSPS) is 24.9. The van der Waals surface area contributed by atoms with Crippen molar-refractivity contribution in [3.63, 3.8) is 0 Å². The molecule has 2 aliphatic rings. The molecular weight excluding hydrogens is 212 g/mol. The molecule has 1 saturated heterocycles. The summed E-state index contributed by atoms with van der Waals surface area (Å²) in [6.45, 7) is 11.2. The van der Waals surface area contributed by atoms with Crippen LogP contribution < -0.4 is 0 Å². The monoisotopic (exact) mass is 240 g/mol. The molecule has 0 spiro atoms. The van der Waals surface area contributed by atoms with Gasteiger partial charge in [-0.25, -0.2) is 0 Å². The van der Waals surface area contributed by atoms with Gasteiger partial charge < -0.3 is 4.74 Å². The van der Waals surface area contributed by atoms with Crippen LogP contribution in [-0.2, 0) is 4.74 Å². The van der Waals surface area contributed by atoms with Gasteiger partial charge >= 0.3 is 0 Å². The topological polar surface area (TPSA) is 15.7 Å². The van der Waals surface area contributed by atoms with Gasteiger partial charge in [-0.3, -0.25) is 9.80 Å². The Balaban J connectivity index is 1.60. The Hall–Kier alpha value is -0.120. The number of rotatable bonds is 5. The molecule has 0 bridgehead atoms. The van der Waals surface area contributed by atoms with Crippen molar-refractivity contribution in [2.24, 2.45) is 0 Å². The summed E-state index contributed by atoms with van der Waals surface area (Å²) in [4.78, 5) is 5.26. The largest absolute Gasteiger partial charge is 0.377 e. The van der Waals surface area contributed by atoms with Gasteiger partial charge in [-0.1, -0.05) is 12.8 Å². The lowest BCUT2D eigenvalue weighted by Crippen LogP contribution is -2.50. The van der Waals surface area contributed by atoms with Crippen LogP contribution in [0.1, 0.15) is 39.5 Å². The van der Waals surface area contributed by atoms with E-state index in [-0.39, 0.29) is 0 Å². The molecule has 1 aliphatic heterocycles. The third kappa shape index (κ3) is 4.23. The van der Waals surface area contributed by atoms with Gasteiger partial charge in [-0.15, -0.1) is 0 Å². The minimum absolute atomic E-state index is 0.370. The molecule has 2 rings (SSSR count). The molecule has 0 amide bonds. The molecule has 3 nitrogen and oxygen atoms in total. The summed E-state index contributed by atoms with van der Waals surface area (Å²) in [5.41, 5.74) is 0. The second-order valence-electron chi connectivity index (χ2n) is 5.74. The van der Waals surface area contributed by atoms with Gasteiger partial charge in [0.15, 0.2) is 0 Å². The van der Waals surface area contributed by atoms with E-state index in [1.54, 1.807) is 0 Å². The SMILES string of the molecule is CC(C)OCCN1CCN(C2CCCC2)CC1. The standard InChI is InChI=1S/C14H28N2O/c1-13(2)17-12-11-15-7-9-16(10-8-15)14-5-3-4-6-14/h13-14H,3-12H2,1-2H3. The Labute approximate surface area is 106 Å². The molecule has 0 radical (unpaired) electrons. The first-order valence-corrected chi connectivity index (χ1v) is 7.33. The van der Waals surface area contributed by atoms with E-state index in [1.807, 2.05) is 0 Å². The van der Waals surface area contributed by atoms with E-state index < -0.39 is 0 Å². The fourth-order valence-electron chi connectivity index (χ4n) is 3.04. The molecule has 0 aromatic heterocycles. The summed E-state index contributed by atoms with van der Waals surface area (Å²) in [6.07, 6.45) is 6.16. The van der Waals surface area contributed by atoms with Gasteiger partial charge in [0.05, 0.1) is 12.7 Å². The van der Waals surface area contributed by atoms with E-state index in [4.69, 9.17) is 4.74 Å². The van der Waals surface area contributed by atoms with E-state index in [0.717, 1.165) is 19.2 Å². The van der Waals surface area contributed by atoms with Crippen LogP contribution in [0, 0.1) is 0 Å². The van der Waals surface area contributed by atoms with Crippen LogP contribution in [0.2, 0.25) is 0 Å². The molecule has 0 aromatic carbocycles. The number of piperazine rings is 1. The molecule has 100 valence electrons. The van der Waals surface area contributed by atoms with Crippen molar-refractivity contribution < 1.29 is 4.74 Å². The Bertz CT molecular complexity index is 206. The first-order valence-electron chi connectivity index (χ1n) is 7.33. The highest BCUT2D eigenvalue weighted by molar-refractivity contribution is 4.81. The first kappa shape index (κ1) is 13.3. The molecule has 17 heavy (non-hydrogen) atoms. The van der Waals surface area contributed by atoms with Crippen LogP contribution >= 0.6 is 0 Å². The van der Waals surface area contributed by atoms with Crippen LogP contribution in [0.4, 0.5) is 0 Å². The number of hydrogen-bond donors (Lipinski definition) is 0. The van der Waals surface area contributed by atoms with Crippen molar-refractivity contribution in [1.82, 2.24) is 9.80 Å². The molecule has 1 aliphatic carbocycles. The minimum Gasteiger partial charge on any atom is -0.377 e. The van der Waals surface area contributed by atoms with Crippen molar-refractivity contribution >= 4 is 0 Å². The minimum atomic E-state index is 0.370. The molecule has 2 fully saturated rings. The van der Waals surface area contributed by atoms with Crippen LogP contribution in [0.15, 0.2) is 0 Å². The van der Waals surface area contributed by atoms with Gasteiger partial charge in [0.2, 0.25) is 0 Å². The smallest absolute Gasteiger partial charge is 0.0596 e. The van der Waals surface area contributed by atoms with E-state index in [2.05, 4.69) is 23.6 Å². The molecule has 3 heteroatoms. The Morgan fingerprint density at radius 3 is 2.29 bits per heavy atom. The molecular formula is C14H28N2O. The highest BCUT2D eigenvalue weighted by Crippen LogP contribution is 2.24. The summed E-state index contributed by atoms with van der Waals surface area (Å²) < 4.78 is 5.62. The molecule has 1 heterocycles. The second-order valence-corrected chi connectivity index (χ2v) is 5.74. The average molecular weight is 240 g/mol. The maximum absolute atomic E-state index is 5.62. The molecule has 0 aromatic rings. The van der Waals surface area contributed by atoms with Gasteiger partial charge in [0.1, 0.15) is 0 Å². The summed E-state index contributed by atoms with van der Waals surface area (Å²) in [6, 6.07) is 0.907. The predicted molar refractivity (Wildman–Crippen MR) is 71.4 cm³/mol. The maximum Gasteiger partial charge on any atom is 0.0596 e. The number of nitrogens with zero attached hydrogens (tertiary/aromatic N) is 2. The average Bonchev–Trinajstić information content (AvgIpc) is 2.83. The van der Waals surface area contributed by atoms with Crippen LogP contribution in [-0.4, -0.2) is 61.3 Å². The van der Waals surface area contributed by atoms with Crippen LogP contribution in [0.5, 0.6) is 0 Å². The molecule has 0 atom stereocenters. The highest BCUT2D eigenvalue weighted by Gasteiger charge is 2.25. The summed E-state index contributed by atoms with van der Waals surface area (Å²) in [5.74, 6) is 0. The third-order valence-corrected chi connectivity index (χ3v) is 4.11. The first-order chi connectivity index (χ1) is 8.25. The lowest BCUT2D eigenvalue weighted by atomic mass is 10.2. The van der Waals surface area contributed by atoms with Gasteiger partial charge in [-0.05, 0) is 26.7 Å². The summed E-state index contributed by atoms with van der Waals surface area (Å²) in [7, 11) is 0. The van der Waals surface area contributed by atoms with Crippen molar-refractivity contribution in [3.05, 3.63) is 0 Å². The lowest BCUT2D eigenvalue weighted by molar-refractivity contribution is 0.0380. The Kier molecular flexibility index (Phi) is 5.26. The van der Waals surface area contributed by atoms with E-state index in [0.29, 0.717) is 6.10 Å². The van der Waals surface area contributed by atoms with E-state index >= 15 is 0 Å². The Morgan fingerprint density at radius 2 is 1.71 bits per heavy atom. The van der Waals surface area contributed by atoms with Gasteiger partial charge in [-0.2, -0.15) is 0 Å². The Morgan fingerprint density at radius 1 is 1.06 bits per heavy atom. The van der Waals surface area contributed by atoms with E-state index in [1.165, 1.54) is 51.9 Å². The van der Waals surface area contributed by atoms with E-state index in [9.17, 15) is 0 Å². The van der Waals surface area contributed by atoms with Gasteiger partial charge in [0, 0.05) is 38.8 Å². The number of ether oxygens (including phenoxy) is 1. The third-order valence-electron chi connectivity index (χ3n) is 4.11. The molecule has 0 N–H and O–H groups in total. The predicted octanol–water partition coefficient (Wildman–Crippen LogP) is 1.97. The molecule has 0 unspecified atom stereocenters. The zero-order valence-corrected chi connectivity index (χ0v) is 11.5. The number of hydrogen-bond acceptors (Lipinski definition) is 3. The fourth-order valence-corrected chi connectivity index (χ4v) is 3.04. The van der Waals surface area contributed by atoms with Crippen molar-refractivity contribution in [1.29, 1.82) is 0 Å². The van der Waals surface area contributed by atoms with Crippen LogP contribution in [0.25, 0.3) is 0 Å². The second kappa shape index (κ2) is 6.72. The fraction of sp³-hybridized carbons (Fsp3) is 1.00. The van der Waals surface area contributed by atoms with Crippen molar-refractivity contribution in [2.45, 2.75) is 51.7 Å². The highest BCUT2D eigenvalue weighted by atomic mass is 16.5. The lowest BCUT2D eigenvalue weighted by Gasteiger charge is -2.38. The quantitative estimate of drug-likeness (QED) is 0.731. The van der Waals surface area contributed by atoms with Crippen molar-refractivity contribution in [2.75, 3.05) is 39.3 Å². The van der Waals surface area contributed by atoms with Crippen molar-refractivity contribution in [3.8, 4) is 0 Å². The zero-order chi connectivity index (χ0) is 12.1. The molecule has 1 saturated carbocycles. The van der Waals surface area contributed by atoms with Crippen LogP contribution in [0.3, 0.4) is 0 Å². The summed E-state index contributed by atoms with van der Waals surface area (Å²) in [5, 5.41) is 0. The van der Waals surface area contributed by atoms with Gasteiger partial charge in [0.25, 0.3) is 0 Å². The zero-order valence-electron chi connectivity index (χ0n) is 11.5. The maximum atomic E-state index is 5.62. The summed E-state index contributed by atoms with van der Waals surface area (Å²) >= 11 is 0.